The van der Waals surface area contributed by atoms with Gasteiger partial charge < -0.3 is 5.32 Å². The van der Waals surface area contributed by atoms with E-state index in [1.807, 2.05) is 23.1 Å². The Morgan fingerprint density at radius 2 is 2.21 bits per heavy atom. The Bertz CT molecular complexity index is 561. The van der Waals surface area contributed by atoms with Crippen LogP contribution in [0.5, 0.6) is 0 Å². The third-order valence-electron chi connectivity index (χ3n) is 3.59. The summed E-state index contributed by atoms with van der Waals surface area (Å²) in [7, 11) is 0. The smallest absolute Gasteiger partial charge is 0.0653 e. The molecule has 0 aliphatic carbocycles. The third-order valence-corrected chi connectivity index (χ3v) is 5.93. The SMILES string of the molecule is CCc1cccc(NC2C[C@H](C)Sc3sccc32)c1. The van der Waals surface area contributed by atoms with Gasteiger partial charge in [-0.25, -0.2) is 0 Å². The fraction of sp³-hybridized carbons (Fsp3) is 0.375. The lowest BCUT2D eigenvalue weighted by Crippen LogP contribution is -2.19. The summed E-state index contributed by atoms with van der Waals surface area (Å²) in [5.74, 6) is 0. The van der Waals surface area contributed by atoms with E-state index in [0.29, 0.717) is 11.3 Å². The van der Waals surface area contributed by atoms with Crippen molar-refractivity contribution >= 4 is 28.8 Å². The summed E-state index contributed by atoms with van der Waals surface area (Å²) < 4.78 is 1.49. The molecule has 0 radical (unpaired) electrons. The number of nitrogens with one attached hydrogen (secondary N) is 1. The van der Waals surface area contributed by atoms with Crippen molar-refractivity contribution in [2.45, 2.75) is 42.2 Å². The molecule has 1 aliphatic rings. The molecule has 2 heterocycles. The normalized spacial score (nSPS) is 22.0. The minimum atomic E-state index is 0.463. The number of hydrogen-bond acceptors (Lipinski definition) is 3. The first-order valence-electron chi connectivity index (χ1n) is 6.85. The van der Waals surface area contributed by atoms with Gasteiger partial charge in [-0.05, 0) is 47.5 Å². The molecule has 2 aromatic rings. The van der Waals surface area contributed by atoms with Crippen LogP contribution in [0.4, 0.5) is 5.69 Å². The quantitative estimate of drug-likeness (QED) is 0.817. The summed E-state index contributed by atoms with van der Waals surface area (Å²) in [6.45, 7) is 4.53. The first-order valence-corrected chi connectivity index (χ1v) is 8.61. The van der Waals surface area contributed by atoms with Crippen LogP contribution in [0, 0.1) is 0 Å². The molecule has 3 rings (SSSR count). The molecule has 0 saturated heterocycles. The molecule has 1 nitrogen and oxygen atoms in total. The van der Waals surface area contributed by atoms with Gasteiger partial charge in [-0.3, -0.25) is 0 Å². The Labute approximate surface area is 123 Å². The maximum atomic E-state index is 3.72. The molecule has 1 N–H and O–H groups in total. The van der Waals surface area contributed by atoms with Crippen LogP contribution in [0.1, 0.15) is 37.4 Å². The van der Waals surface area contributed by atoms with Crippen molar-refractivity contribution in [2.24, 2.45) is 0 Å². The summed E-state index contributed by atoms with van der Waals surface area (Å²) in [6.07, 6.45) is 2.29. The highest BCUT2D eigenvalue weighted by Crippen LogP contribution is 2.44. The maximum absolute atomic E-state index is 3.72. The molecule has 3 heteroatoms. The number of hydrogen-bond donors (Lipinski definition) is 1. The number of thioether (sulfide) groups is 1. The van der Waals surface area contributed by atoms with E-state index in [1.165, 1.54) is 27.4 Å². The molecule has 1 aromatic heterocycles. The second-order valence-corrected chi connectivity index (χ2v) is 7.70. The molecule has 0 bridgehead atoms. The molecular formula is C16H19NS2. The van der Waals surface area contributed by atoms with Gasteiger partial charge >= 0.3 is 0 Å². The van der Waals surface area contributed by atoms with Gasteiger partial charge in [-0.15, -0.1) is 23.1 Å². The van der Waals surface area contributed by atoms with Crippen molar-refractivity contribution in [1.29, 1.82) is 0 Å². The van der Waals surface area contributed by atoms with E-state index in [0.717, 1.165) is 6.42 Å². The van der Waals surface area contributed by atoms with Crippen LogP contribution in [0.15, 0.2) is 39.9 Å². The molecule has 0 fully saturated rings. The Morgan fingerprint density at radius 3 is 3.05 bits per heavy atom. The van der Waals surface area contributed by atoms with Crippen molar-refractivity contribution in [3.05, 3.63) is 46.8 Å². The average Bonchev–Trinajstić information content (AvgIpc) is 2.87. The molecule has 100 valence electrons. The zero-order valence-electron chi connectivity index (χ0n) is 11.3. The number of anilines is 1. The minimum Gasteiger partial charge on any atom is -0.378 e. The van der Waals surface area contributed by atoms with Crippen molar-refractivity contribution in [3.8, 4) is 0 Å². The lowest BCUT2D eigenvalue weighted by molar-refractivity contribution is 0.670. The van der Waals surface area contributed by atoms with Crippen LogP contribution in [0.2, 0.25) is 0 Å². The highest BCUT2D eigenvalue weighted by atomic mass is 32.2. The van der Waals surface area contributed by atoms with Gasteiger partial charge in [-0.1, -0.05) is 26.0 Å². The van der Waals surface area contributed by atoms with Crippen LogP contribution in [0.25, 0.3) is 0 Å². The number of benzene rings is 1. The highest BCUT2D eigenvalue weighted by Gasteiger charge is 2.26. The van der Waals surface area contributed by atoms with E-state index in [4.69, 9.17) is 0 Å². The second kappa shape index (κ2) is 5.59. The molecule has 1 aliphatic heterocycles. The van der Waals surface area contributed by atoms with Crippen molar-refractivity contribution in [3.63, 3.8) is 0 Å². The summed E-state index contributed by atoms with van der Waals surface area (Å²) in [4.78, 5) is 0. The predicted octanol–water partition coefficient (Wildman–Crippen LogP) is 5.35. The molecule has 1 unspecified atom stereocenters. The average molecular weight is 289 g/mol. The highest BCUT2D eigenvalue weighted by molar-refractivity contribution is 8.01. The lowest BCUT2D eigenvalue weighted by Gasteiger charge is -2.28. The first kappa shape index (κ1) is 13.1. The van der Waals surface area contributed by atoms with Crippen LogP contribution in [0.3, 0.4) is 0 Å². The van der Waals surface area contributed by atoms with E-state index in [9.17, 15) is 0 Å². The van der Waals surface area contributed by atoms with Crippen LogP contribution < -0.4 is 5.32 Å². The summed E-state index contributed by atoms with van der Waals surface area (Å²) in [5, 5.41) is 6.63. The van der Waals surface area contributed by atoms with Crippen LogP contribution in [-0.2, 0) is 6.42 Å². The maximum Gasteiger partial charge on any atom is 0.0653 e. The van der Waals surface area contributed by atoms with E-state index in [-0.39, 0.29) is 0 Å². The van der Waals surface area contributed by atoms with Crippen molar-refractivity contribution in [2.75, 3.05) is 5.32 Å². The molecular weight excluding hydrogens is 270 g/mol. The Balaban J connectivity index is 1.83. The summed E-state index contributed by atoms with van der Waals surface area (Å²) in [6, 6.07) is 11.5. The summed E-state index contributed by atoms with van der Waals surface area (Å²) >= 11 is 3.89. The molecule has 2 atom stereocenters. The number of thiophene rings is 1. The van der Waals surface area contributed by atoms with Gasteiger partial charge in [0, 0.05) is 10.9 Å². The molecule has 0 amide bonds. The molecule has 1 aromatic carbocycles. The summed E-state index contributed by atoms with van der Waals surface area (Å²) in [5.41, 5.74) is 4.13. The Morgan fingerprint density at radius 1 is 1.32 bits per heavy atom. The number of aryl methyl sites for hydroxylation is 1. The van der Waals surface area contributed by atoms with E-state index in [2.05, 4.69) is 54.9 Å². The van der Waals surface area contributed by atoms with Crippen molar-refractivity contribution in [1.82, 2.24) is 0 Å². The van der Waals surface area contributed by atoms with Gasteiger partial charge in [-0.2, -0.15) is 0 Å². The first-order chi connectivity index (χ1) is 9.26. The van der Waals surface area contributed by atoms with E-state index in [1.54, 1.807) is 0 Å². The predicted molar refractivity (Wildman–Crippen MR) is 86.4 cm³/mol. The van der Waals surface area contributed by atoms with Gasteiger partial charge in [0.15, 0.2) is 0 Å². The van der Waals surface area contributed by atoms with E-state index < -0.39 is 0 Å². The standard InChI is InChI=1S/C16H19NS2/c1-3-12-5-4-6-13(10-12)17-15-9-11(2)19-16-14(15)7-8-18-16/h4-8,10-11,15,17H,3,9H2,1-2H3/t11-,15?/m0/s1. The van der Waals surface area contributed by atoms with Gasteiger partial charge in [0.1, 0.15) is 0 Å². The number of rotatable bonds is 3. The largest absolute Gasteiger partial charge is 0.378 e. The van der Waals surface area contributed by atoms with Gasteiger partial charge in [0.25, 0.3) is 0 Å². The third kappa shape index (κ3) is 2.82. The fourth-order valence-electron chi connectivity index (χ4n) is 2.57. The topological polar surface area (TPSA) is 12.0 Å². The fourth-order valence-corrected chi connectivity index (χ4v) is 5.13. The molecule has 0 spiro atoms. The minimum absolute atomic E-state index is 0.463. The second-order valence-electron chi connectivity index (χ2n) is 5.08. The lowest BCUT2D eigenvalue weighted by atomic mass is 10.0. The van der Waals surface area contributed by atoms with E-state index >= 15 is 0 Å². The Kier molecular flexibility index (Phi) is 3.85. The van der Waals surface area contributed by atoms with Crippen LogP contribution >= 0.6 is 23.1 Å². The zero-order chi connectivity index (χ0) is 13.2. The van der Waals surface area contributed by atoms with Crippen LogP contribution in [-0.4, -0.2) is 5.25 Å². The van der Waals surface area contributed by atoms with Gasteiger partial charge in [0.2, 0.25) is 0 Å². The number of fused-ring (bicyclic) bond motifs is 1. The molecule has 19 heavy (non-hydrogen) atoms. The van der Waals surface area contributed by atoms with Crippen molar-refractivity contribution < 1.29 is 0 Å². The monoisotopic (exact) mass is 289 g/mol. The molecule has 0 saturated carbocycles. The Hall–Kier alpha value is -0.930. The zero-order valence-corrected chi connectivity index (χ0v) is 13.0. The van der Waals surface area contributed by atoms with Gasteiger partial charge in [0.05, 0.1) is 10.3 Å².